The van der Waals surface area contributed by atoms with Crippen LogP contribution in [0, 0.1) is 0 Å². The van der Waals surface area contributed by atoms with Crippen LogP contribution in [0.3, 0.4) is 0 Å². The first kappa shape index (κ1) is 66.3. The average molecular weight is 959 g/mol. The van der Waals surface area contributed by atoms with Crippen LogP contribution in [-0.4, -0.2) is 47.4 Å². The Kier molecular flexibility index (Phi) is 56.5. The molecule has 6 heteroatoms. The zero-order valence-electron chi connectivity index (χ0n) is 45.9. The molecule has 0 saturated carbocycles. The molecular formula is C62H119NO5. The predicted octanol–water partition coefficient (Wildman–Crippen LogP) is 19.0. The molecule has 6 nitrogen and oxygen atoms in total. The number of nitrogens with one attached hydrogen (secondary N) is 1. The summed E-state index contributed by atoms with van der Waals surface area (Å²) < 4.78 is 5.48. The lowest BCUT2D eigenvalue weighted by Gasteiger charge is -2.20. The number of unbranched alkanes of at least 4 members (excludes halogenated alkanes) is 44. The SMILES string of the molecule is CCCCCCCCCCCCCCCCCCC/C=C/C(O)C(CO)NC(=O)CCCCCCC/C=C\CCCCCCCCCCCOC(=O)CCCCCCCCCCCCCCCC. The zero-order chi connectivity index (χ0) is 49.3. The van der Waals surface area contributed by atoms with Crippen molar-refractivity contribution in [1.82, 2.24) is 5.32 Å². The molecule has 0 aromatic heterocycles. The van der Waals surface area contributed by atoms with Crippen LogP contribution in [0.15, 0.2) is 24.3 Å². The first-order valence-electron chi connectivity index (χ1n) is 30.6. The molecule has 1 amide bonds. The van der Waals surface area contributed by atoms with Crippen LogP contribution < -0.4 is 5.32 Å². The van der Waals surface area contributed by atoms with Crippen molar-refractivity contribution in [3.63, 3.8) is 0 Å². The van der Waals surface area contributed by atoms with E-state index in [1.54, 1.807) is 6.08 Å². The zero-order valence-corrected chi connectivity index (χ0v) is 45.9. The summed E-state index contributed by atoms with van der Waals surface area (Å²) in [7, 11) is 0. The highest BCUT2D eigenvalue weighted by Crippen LogP contribution is 2.17. The van der Waals surface area contributed by atoms with Gasteiger partial charge in [0.25, 0.3) is 0 Å². The fourth-order valence-electron chi connectivity index (χ4n) is 9.51. The van der Waals surface area contributed by atoms with E-state index >= 15 is 0 Å². The van der Waals surface area contributed by atoms with E-state index in [0.29, 0.717) is 19.4 Å². The third-order valence-corrected chi connectivity index (χ3v) is 14.2. The van der Waals surface area contributed by atoms with Gasteiger partial charge >= 0.3 is 5.97 Å². The smallest absolute Gasteiger partial charge is 0.305 e. The van der Waals surface area contributed by atoms with Gasteiger partial charge in [0.1, 0.15) is 0 Å². The van der Waals surface area contributed by atoms with Crippen molar-refractivity contribution in [1.29, 1.82) is 0 Å². The Labute approximate surface area is 424 Å². The Bertz CT molecular complexity index is 1060. The van der Waals surface area contributed by atoms with E-state index in [0.717, 1.165) is 57.8 Å². The predicted molar refractivity (Wildman–Crippen MR) is 296 cm³/mol. The molecule has 0 bridgehead atoms. The molecule has 0 saturated heterocycles. The molecular weight excluding hydrogens is 839 g/mol. The summed E-state index contributed by atoms with van der Waals surface area (Å²) in [6.45, 7) is 4.91. The number of aliphatic hydroxyl groups excluding tert-OH is 2. The molecule has 0 aliphatic rings. The summed E-state index contributed by atoms with van der Waals surface area (Å²) in [5, 5.41) is 23.2. The lowest BCUT2D eigenvalue weighted by molar-refractivity contribution is -0.143. The van der Waals surface area contributed by atoms with E-state index in [9.17, 15) is 19.8 Å². The van der Waals surface area contributed by atoms with Crippen molar-refractivity contribution in [2.24, 2.45) is 0 Å². The molecule has 0 heterocycles. The fourth-order valence-corrected chi connectivity index (χ4v) is 9.51. The summed E-state index contributed by atoms with van der Waals surface area (Å²) in [5.74, 6) is -0.0749. The highest BCUT2D eigenvalue weighted by molar-refractivity contribution is 5.76. The van der Waals surface area contributed by atoms with E-state index in [4.69, 9.17) is 4.74 Å². The minimum atomic E-state index is -0.853. The van der Waals surface area contributed by atoms with Gasteiger partial charge in [-0.15, -0.1) is 0 Å². The molecule has 0 aromatic rings. The number of carbonyl (C=O) groups excluding carboxylic acids is 2. The maximum atomic E-state index is 12.5. The van der Waals surface area contributed by atoms with Gasteiger partial charge in [-0.1, -0.05) is 289 Å². The lowest BCUT2D eigenvalue weighted by Crippen LogP contribution is -2.45. The molecule has 0 aliphatic heterocycles. The van der Waals surface area contributed by atoms with E-state index < -0.39 is 12.1 Å². The van der Waals surface area contributed by atoms with Crippen LogP contribution in [0.4, 0.5) is 0 Å². The molecule has 3 N–H and O–H groups in total. The number of carbonyl (C=O) groups is 2. The highest BCUT2D eigenvalue weighted by Gasteiger charge is 2.18. The molecule has 0 aliphatic carbocycles. The molecule has 0 spiro atoms. The van der Waals surface area contributed by atoms with Crippen LogP contribution >= 0.6 is 0 Å². The van der Waals surface area contributed by atoms with Crippen molar-refractivity contribution in [2.45, 2.75) is 347 Å². The van der Waals surface area contributed by atoms with Gasteiger partial charge in [-0.2, -0.15) is 0 Å². The minimum absolute atomic E-state index is 0.00479. The maximum absolute atomic E-state index is 12.5. The normalized spacial score (nSPS) is 12.7. The molecule has 0 radical (unpaired) electrons. The van der Waals surface area contributed by atoms with Crippen molar-refractivity contribution in [2.75, 3.05) is 13.2 Å². The summed E-state index contributed by atoms with van der Waals surface area (Å²) >= 11 is 0. The van der Waals surface area contributed by atoms with Gasteiger partial charge in [0, 0.05) is 12.8 Å². The summed E-state index contributed by atoms with van der Waals surface area (Å²) in [4.78, 5) is 24.5. The van der Waals surface area contributed by atoms with Crippen LogP contribution in [0.1, 0.15) is 335 Å². The van der Waals surface area contributed by atoms with Gasteiger partial charge in [-0.3, -0.25) is 9.59 Å². The highest BCUT2D eigenvalue weighted by atomic mass is 16.5. The van der Waals surface area contributed by atoms with Gasteiger partial charge in [-0.25, -0.2) is 0 Å². The lowest BCUT2D eigenvalue weighted by atomic mass is 10.0. The number of esters is 1. The maximum Gasteiger partial charge on any atom is 0.305 e. The quantitative estimate of drug-likeness (QED) is 0.0321. The molecule has 2 atom stereocenters. The number of hydrogen-bond acceptors (Lipinski definition) is 5. The first-order chi connectivity index (χ1) is 33.5. The molecule has 0 aromatic carbocycles. The van der Waals surface area contributed by atoms with Crippen LogP contribution in [-0.2, 0) is 14.3 Å². The van der Waals surface area contributed by atoms with Crippen molar-refractivity contribution in [3.8, 4) is 0 Å². The monoisotopic (exact) mass is 958 g/mol. The number of amides is 1. The number of hydrogen-bond donors (Lipinski definition) is 3. The van der Waals surface area contributed by atoms with Gasteiger partial charge in [0.2, 0.25) is 5.91 Å². The van der Waals surface area contributed by atoms with E-state index in [1.165, 1.54) is 250 Å². The molecule has 68 heavy (non-hydrogen) atoms. The second-order valence-corrected chi connectivity index (χ2v) is 21.0. The van der Waals surface area contributed by atoms with Crippen molar-refractivity contribution >= 4 is 11.9 Å². The van der Waals surface area contributed by atoms with Crippen LogP contribution in [0.2, 0.25) is 0 Å². The van der Waals surface area contributed by atoms with E-state index in [2.05, 4.69) is 31.3 Å². The Morgan fingerprint density at radius 3 is 1.04 bits per heavy atom. The number of aliphatic hydroxyl groups is 2. The minimum Gasteiger partial charge on any atom is -0.466 e. The fraction of sp³-hybridized carbons (Fsp3) is 0.903. The summed E-state index contributed by atoms with van der Waals surface area (Å²) in [6, 6.07) is -0.638. The second kappa shape index (κ2) is 57.9. The van der Waals surface area contributed by atoms with Crippen molar-refractivity contribution in [3.05, 3.63) is 24.3 Å². The summed E-state index contributed by atoms with van der Waals surface area (Å²) in [6.07, 6.45) is 70.6. The Balaban J connectivity index is 3.47. The third-order valence-electron chi connectivity index (χ3n) is 14.2. The van der Waals surface area contributed by atoms with Gasteiger partial charge in [-0.05, 0) is 57.8 Å². The molecule has 0 rings (SSSR count). The third kappa shape index (κ3) is 53.7. The average Bonchev–Trinajstić information content (AvgIpc) is 3.34. The molecule has 2 unspecified atom stereocenters. The van der Waals surface area contributed by atoms with Crippen LogP contribution in [0.5, 0.6) is 0 Å². The topological polar surface area (TPSA) is 95.9 Å². The summed E-state index contributed by atoms with van der Waals surface area (Å²) in [5.41, 5.74) is 0. The Morgan fingerprint density at radius 1 is 0.397 bits per heavy atom. The number of rotatable bonds is 57. The molecule has 0 fully saturated rings. The largest absolute Gasteiger partial charge is 0.466 e. The van der Waals surface area contributed by atoms with E-state index in [-0.39, 0.29) is 18.5 Å². The number of allylic oxidation sites excluding steroid dienone is 3. The second-order valence-electron chi connectivity index (χ2n) is 21.0. The van der Waals surface area contributed by atoms with Gasteiger partial charge in [0.15, 0.2) is 0 Å². The van der Waals surface area contributed by atoms with Crippen molar-refractivity contribution < 1.29 is 24.5 Å². The Hall–Kier alpha value is -1.66. The number of ether oxygens (including phenoxy) is 1. The van der Waals surface area contributed by atoms with E-state index in [1.807, 2.05) is 6.08 Å². The molecule has 402 valence electrons. The van der Waals surface area contributed by atoms with Gasteiger partial charge in [0.05, 0.1) is 25.4 Å². The Morgan fingerprint density at radius 2 is 0.691 bits per heavy atom. The van der Waals surface area contributed by atoms with Crippen LogP contribution in [0.25, 0.3) is 0 Å². The van der Waals surface area contributed by atoms with Gasteiger partial charge < -0.3 is 20.3 Å². The first-order valence-corrected chi connectivity index (χ1v) is 30.6. The standard InChI is InChI=1S/C62H119NO5/c1-3-5-7-9-11-13-15-17-19-20-21-24-27-30-34-38-42-46-50-54-60(65)59(58-64)63-61(66)55-51-47-43-39-35-31-28-25-22-23-26-29-33-37-41-45-49-53-57-68-62(67)56-52-48-44-40-36-32-18-16-14-12-10-8-6-4-2/h25,28,50,54,59-60,64-65H,3-24,26-27,29-49,51-53,55-58H2,1-2H3,(H,63,66)/b28-25-,54-50+.